The Morgan fingerprint density at radius 2 is 2.10 bits per heavy atom. The van der Waals surface area contributed by atoms with Gasteiger partial charge in [-0.25, -0.2) is 0 Å². The van der Waals surface area contributed by atoms with Gasteiger partial charge in [-0.1, -0.05) is 42.9 Å². The van der Waals surface area contributed by atoms with Crippen molar-refractivity contribution in [3.8, 4) is 0 Å². The highest BCUT2D eigenvalue weighted by Gasteiger charge is 1.83. The van der Waals surface area contributed by atoms with Crippen molar-refractivity contribution in [3.63, 3.8) is 0 Å². The van der Waals surface area contributed by atoms with Crippen LogP contribution in [0.5, 0.6) is 0 Å². The predicted molar refractivity (Wildman–Crippen MR) is 48.0 cm³/mol. The molecule has 0 aliphatic carbocycles. The molecule has 0 rings (SSSR count). The van der Waals surface area contributed by atoms with Crippen molar-refractivity contribution in [2.75, 3.05) is 0 Å². The average molecular weight is 136 g/mol. The second kappa shape index (κ2) is 5.04. The lowest BCUT2D eigenvalue weighted by molar-refractivity contribution is 1.15. The molecular weight excluding hydrogens is 120 g/mol. The maximum Gasteiger partial charge on any atom is -0.0313 e. The highest BCUT2D eigenvalue weighted by atomic mass is 13.9. The smallest absolute Gasteiger partial charge is 0.0313 e. The third-order valence-corrected chi connectivity index (χ3v) is 1.32. The van der Waals surface area contributed by atoms with Crippen LogP contribution in [0.15, 0.2) is 36.0 Å². The summed E-state index contributed by atoms with van der Waals surface area (Å²) in [5, 5.41) is 0. The van der Waals surface area contributed by atoms with E-state index in [1.807, 2.05) is 13.0 Å². The normalized spacial score (nSPS) is 12.5. The van der Waals surface area contributed by atoms with Gasteiger partial charge in [0.15, 0.2) is 0 Å². The largest absolute Gasteiger partial charge is 0.0958 e. The fourth-order valence-corrected chi connectivity index (χ4v) is 0.735. The monoisotopic (exact) mass is 136 g/mol. The zero-order valence-corrected chi connectivity index (χ0v) is 7.15. The lowest BCUT2D eigenvalue weighted by Crippen LogP contribution is -1.73. The summed E-state index contributed by atoms with van der Waals surface area (Å²) in [4.78, 5) is 0. The molecule has 0 unspecified atom stereocenters. The molecule has 0 amide bonds. The zero-order valence-electron chi connectivity index (χ0n) is 7.15. The molecule has 0 nitrogen and oxygen atoms in total. The molecule has 0 N–H and O–H groups in total. The van der Waals surface area contributed by atoms with E-state index >= 15 is 0 Å². The van der Waals surface area contributed by atoms with Gasteiger partial charge in [0.1, 0.15) is 0 Å². The second-order valence-corrected chi connectivity index (χ2v) is 2.40. The van der Waals surface area contributed by atoms with Gasteiger partial charge >= 0.3 is 0 Å². The summed E-state index contributed by atoms with van der Waals surface area (Å²) in [5.41, 5.74) is 2.46. The lowest BCUT2D eigenvalue weighted by atomic mass is 10.1. The predicted octanol–water partition coefficient (Wildman–Crippen LogP) is 3.48. The maximum atomic E-state index is 3.89. The minimum Gasteiger partial charge on any atom is -0.0958 e. The third kappa shape index (κ3) is 4.13. The number of allylic oxidation sites excluding steroid dienone is 5. The Morgan fingerprint density at radius 1 is 1.50 bits per heavy atom. The van der Waals surface area contributed by atoms with Crippen molar-refractivity contribution in [2.24, 2.45) is 0 Å². The van der Waals surface area contributed by atoms with Crippen molar-refractivity contribution >= 4 is 0 Å². The first-order valence-corrected chi connectivity index (χ1v) is 3.69. The molecule has 0 atom stereocenters. The zero-order chi connectivity index (χ0) is 7.98. The third-order valence-electron chi connectivity index (χ3n) is 1.32. The van der Waals surface area contributed by atoms with Crippen LogP contribution in [0.1, 0.15) is 27.2 Å². The average Bonchev–Trinajstić information content (AvgIpc) is 1.88. The van der Waals surface area contributed by atoms with Gasteiger partial charge in [-0.2, -0.15) is 0 Å². The van der Waals surface area contributed by atoms with Gasteiger partial charge in [-0.15, -0.1) is 0 Å². The van der Waals surface area contributed by atoms with Gasteiger partial charge in [0, 0.05) is 0 Å². The fraction of sp³-hybridized carbons (Fsp3) is 0.400. The molecule has 0 fully saturated rings. The molecule has 0 heteroatoms. The molecule has 0 saturated heterocycles. The van der Waals surface area contributed by atoms with E-state index in [0.717, 1.165) is 6.42 Å². The van der Waals surface area contributed by atoms with Crippen molar-refractivity contribution in [3.05, 3.63) is 36.0 Å². The van der Waals surface area contributed by atoms with Crippen LogP contribution in [0, 0.1) is 0 Å². The van der Waals surface area contributed by atoms with E-state index < -0.39 is 0 Å². The van der Waals surface area contributed by atoms with Gasteiger partial charge in [0.05, 0.1) is 0 Å². The SMILES string of the molecule is C=C(C=C(C)C=CC)CC. The topological polar surface area (TPSA) is 0 Å². The molecule has 0 aliphatic rings. The Balaban J connectivity index is 4.02. The lowest BCUT2D eigenvalue weighted by Gasteiger charge is -1.93. The fourth-order valence-electron chi connectivity index (χ4n) is 0.735. The molecule has 0 spiro atoms. The van der Waals surface area contributed by atoms with Crippen molar-refractivity contribution in [1.82, 2.24) is 0 Å². The van der Waals surface area contributed by atoms with Crippen LogP contribution < -0.4 is 0 Å². The molecule has 0 aromatic rings. The minimum atomic E-state index is 1.04. The van der Waals surface area contributed by atoms with E-state index in [2.05, 4.69) is 32.6 Å². The van der Waals surface area contributed by atoms with Gasteiger partial charge < -0.3 is 0 Å². The Labute approximate surface area is 64.0 Å². The van der Waals surface area contributed by atoms with Gasteiger partial charge in [0.25, 0.3) is 0 Å². The highest BCUT2D eigenvalue weighted by molar-refractivity contribution is 5.26. The molecule has 0 aromatic carbocycles. The molecule has 0 radical (unpaired) electrons. The maximum absolute atomic E-state index is 3.89. The Bertz CT molecular complexity index is 159. The summed E-state index contributed by atoms with van der Waals surface area (Å²) >= 11 is 0. The van der Waals surface area contributed by atoms with Gasteiger partial charge in [0.2, 0.25) is 0 Å². The minimum absolute atomic E-state index is 1.04. The van der Waals surface area contributed by atoms with Crippen LogP contribution in [0.25, 0.3) is 0 Å². The van der Waals surface area contributed by atoms with Gasteiger partial charge in [-0.05, 0) is 20.3 Å². The summed E-state index contributed by atoms with van der Waals surface area (Å²) in [6.45, 7) is 10.1. The van der Waals surface area contributed by atoms with E-state index in [9.17, 15) is 0 Å². The quantitative estimate of drug-likeness (QED) is 0.521. The molecule has 10 heavy (non-hydrogen) atoms. The Kier molecular flexibility index (Phi) is 4.65. The molecule has 0 saturated carbocycles. The molecule has 0 heterocycles. The van der Waals surface area contributed by atoms with E-state index in [1.165, 1.54) is 11.1 Å². The van der Waals surface area contributed by atoms with Gasteiger partial charge in [-0.3, -0.25) is 0 Å². The standard InChI is InChI=1S/C10H16/c1-5-7-10(4)8-9(3)6-2/h5,7-8H,3,6H2,1-2,4H3. The first-order valence-electron chi connectivity index (χ1n) is 3.69. The molecule has 56 valence electrons. The van der Waals surface area contributed by atoms with Crippen LogP contribution in [0.3, 0.4) is 0 Å². The van der Waals surface area contributed by atoms with Crippen LogP contribution in [-0.2, 0) is 0 Å². The second-order valence-electron chi connectivity index (χ2n) is 2.40. The molecule has 0 bridgehead atoms. The molecular formula is C10H16. The number of rotatable bonds is 3. The summed E-state index contributed by atoms with van der Waals surface area (Å²) in [5.74, 6) is 0. The highest BCUT2D eigenvalue weighted by Crippen LogP contribution is 2.04. The first-order chi connectivity index (χ1) is 4.70. The van der Waals surface area contributed by atoms with Crippen LogP contribution in [-0.4, -0.2) is 0 Å². The summed E-state index contributed by atoms with van der Waals surface area (Å²) in [6, 6.07) is 0. The molecule has 0 aromatic heterocycles. The Hall–Kier alpha value is -0.780. The van der Waals surface area contributed by atoms with Crippen molar-refractivity contribution < 1.29 is 0 Å². The first kappa shape index (κ1) is 9.22. The summed E-state index contributed by atoms with van der Waals surface area (Å²) < 4.78 is 0. The van der Waals surface area contributed by atoms with E-state index in [0.29, 0.717) is 0 Å². The summed E-state index contributed by atoms with van der Waals surface area (Å²) in [6.07, 6.45) is 7.27. The van der Waals surface area contributed by atoms with Crippen LogP contribution >= 0.6 is 0 Å². The number of hydrogen-bond donors (Lipinski definition) is 0. The van der Waals surface area contributed by atoms with Crippen LogP contribution in [0.2, 0.25) is 0 Å². The number of hydrogen-bond acceptors (Lipinski definition) is 0. The van der Waals surface area contributed by atoms with E-state index in [-0.39, 0.29) is 0 Å². The van der Waals surface area contributed by atoms with Crippen molar-refractivity contribution in [1.29, 1.82) is 0 Å². The van der Waals surface area contributed by atoms with E-state index in [4.69, 9.17) is 0 Å². The van der Waals surface area contributed by atoms with E-state index in [1.54, 1.807) is 0 Å². The Morgan fingerprint density at radius 3 is 2.50 bits per heavy atom. The van der Waals surface area contributed by atoms with Crippen molar-refractivity contribution in [2.45, 2.75) is 27.2 Å². The van der Waals surface area contributed by atoms with Crippen LogP contribution in [0.4, 0.5) is 0 Å². The molecule has 0 aliphatic heterocycles. The summed E-state index contributed by atoms with van der Waals surface area (Å²) in [7, 11) is 0.